The number of carbonyl (C=O) groups is 1. The molecule has 2 N–H and O–H groups in total. The highest BCUT2D eigenvalue weighted by atomic mass is 28.3. The molecule has 0 fully saturated rings. The molecule has 0 bridgehead atoms. The van der Waals surface area contributed by atoms with E-state index >= 15 is 0 Å². The number of ether oxygens (including phenoxy) is 2. The van der Waals surface area contributed by atoms with E-state index in [1.807, 2.05) is 102 Å². The molecule has 0 aromatic heterocycles. The van der Waals surface area contributed by atoms with Gasteiger partial charge in [0.25, 0.3) is 0 Å². The Bertz CT molecular complexity index is 1010. The van der Waals surface area contributed by atoms with Crippen LogP contribution >= 0.6 is 0 Å². The second-order valence-electron chi connectivity index (χ2n) is 10.7. The fourth-order valence-corrected chi connectivity index (χ4v) is 12.2. The highest BCUT2D eigenvalue weighted by Crippen LogP contribution is 2.43. The largest absolute Gasteiger partial charge is 0.390 e. The lowest BCUT2D eigenvalue weighted by molar-refractivity contribution is -0.135. The maximum Gasteiger partial charge on any atom is 0.144 e. The van der Waals surface area contributed by atoms with Gasteiger partial charge in [0.1, 0.15) is 25.7 Å². The Labute approximate surface area is 227 Å². The molecular formula is C29H43N3O5Si. The summed E-state index contributed by atoms with van der Waals surface area (Å²) in [4.78, 5) is 17.1. The maximum absolute atomic E-state index is 14.2. The summed E-state index contributed by atoms with van der Waals surface area (Å²) >= 11 is 0. The van der Waals surface area contributed by atoms with Gasteiger partial charge in [0.05, 0.1) is 32.0 Å². The molecule has 0 aliphatic carbocycles. The van der Waals surface area contributed by atoms with E-state index in [-0.39, 0.29) is 41.9 Å². The molecule has 4 atom stereocenters. The Hall–Kier alpha value is -2.52. The fourth-order valence-electron chi connectivity index (χ4n) is 5.79. The minimum atomic E-state index is -2.75. The first kappa shape index (κ1) is 31.7. The van der Waals surface area contributed by atoms with Crippen molar-refractivity contribution in [2.24, 2.45) is 5.11 Å². The zero-order chi connectivity index (χ0) is 28.3. The Balaban J connectivity index is 2.38. The van der Waals surface area contributed by atoms with Gasteiger partial charge in [-0.05, 0) is 33.3 Å². The van der Waals surface area contributed by atoms with Crippen molar-refractivity contribution in [1.82, 2.24) is 0 Å². The molecule has 0 aliphatic rings. The second kappa shape index (κ2) is 15.2. The molecule has 0 saturated carbocycles. The summed E-state index contributed by atoms with van der Waals surface area (Å²) < 4.78 is 11.8. The SMILES string of the molecule is CC(C)[Si](C(=O)C(O)C(OCc1ccccc1)C(N=[N+]=[N-])C(O)COCc1ccccc1)(C(C)C)C(C)C. The van der Waals surface area contributed by atoms with Crippen LogP contribution in [-0.4, -0.2) is 54.7 Å². The number of azide groups is 1. The Morgan fingerprint density at radius 3 is 1.79 bits per heavy atom. The van der Waals surface area contributed by atoms with Crippen LogP contribution in [0.1, 0.15) is 52.7 Å². The van der Waals surface area contributed by atoms with E-state index in [2.05, 4.69) is 10.0 Å². The third-order valence-electron chi connectivity index (χ3n) is 7.47. The topological polar surface area (TPSA) is 125 Å². The number of carbonyl (C=O) groups excluding carboxylic acids is 1. The van der Waals surface area contributed by atoms with Gasteiger partial charge in [-0.2, -0.15) is 0 Å². The molecule has 2 aromatic rings. The summed E-state index contributed by atoms with van der Waals surface area (Å²) in [6, 6.07) is 17.6. The van der Waals surface area contributed by atoms with Gasteiger partial charge in [-0.1, -0.05) is 107 Å². The van der Waals surface area contributed by atoms with Gasteiger partial charge in [0, 0.05) is 4.91 Å². The summed E-state index contributed by atoms with van der Waals surface area (Å²) in [7, 11) is -2.75. The third-order valence-corrected chi connectivity index (χ3v) is 14.4. The third kappa shape index (κ3) is 7.76. The monoisotopic (exact) mass is 541 g/mol. The van der Waals surface area contributed by atoms with Gasteiger partial charge < -0.3 is 24.5 Å². The van der Waals surface area contributed by atoms with Crippen molar-refractivity contribution in [3.8, 4) is 0 Å². The highest BCUT2D eigenvalue weighted by molar-refractivity contribution is 7.09. The molecule has 2 aromatic carbocycles. The zero-order valence-corrected chi connectivity index (χ0v) is 24.4. The van der Waals surface area contributed by atoms with E-state index in [1.54, 1.807) is 0 Å². The number of aliphatic hydroxyl groups excluding tert-OH is 2. The van der Waals surface area contributed by atoms with Gasteiger partial charge in [-0.15, -0.1) is 0 Å². The van der Waals surface area contributed by atoms with Crippen LogP contribution in [0, 0.1) is 0 Å². The van der Waals surface area contributed by atoms with Crippen LogP contribution in [0.4, 0.5) is 0 Å². The molecule has 0 saturated heterocycles. The molecule has 208 valence electrons. The quantitative estimate of drug-likeness (QED) is 0.117. The van der Waals surface area contributed by atoms with Crippen molar-refractivity contribution in [3.63, 3.8) is 0 Å². The predicted molar refractivity (Wildman–Crippen MR) is 152 cm³/mol. The van der Waals surface area contributed by atoms with Gasteiger partial charge in [0.15, 0.2) is 0 Å². The van der Waals surface area contributed by atoms with Crippen LogP contribution in [-0.2, 0) is 27.5 Å². The summed E-state index contributed by atoms with van der Waals surface area (Å²) in [5, 5.41) is 26.2. The lowest BCUT2D eigenvalue weighted by atomic mass is 10.0. The van der Waals surface area contributed by atoms with E-state index < -0.39 is 32.4 Å². The normalized spacial score (nSPS) is 15.2. The lowest BCUT2D eigenvalue weighted by Gasteiger charge is -2.44. The Kier molecular flexibility index (Phi) is 12.6. The molecule has 9 heteroatoms. The average molecular weight is 542 g/mol. The first-order valence-corrected chi connectivity index (χ1v) is 15.5. The van der Waals surface area contributed by atoms with Crippen molar-refractivity contribution >= 4 is 13.5 Å². The van der Waals surface area contributed by atoms with E-state index in [0.717, 1.165) is 11.1 Å². The maximum atomic E-state index is 14.2. The van der Waals surface area contributed by atoms with E-state index in [1.165, 1.54) is 0 Å². The average Bonchev–Trinajstić information content (AvgIpc) is 2.88. The summed E-state index contributed by atoms with van der Waals surface area (Å²) in [6.45, 7) is 12.4. The number of nitrogens with zero attached hydrogens (tertiary/aromatic N) is 3. The molecule has 2 rings (SSSR count). The van der Waals surface area contributed by atoms with Crippen LogP contribution in [0.15, 0.2) is 65.8 Å². The van der Waals surface area contributed by atoms with Crippen molar-refractivity contribution < 1.29 is 24.5 Å². The molecule has 0 radical (unpaired) electrons. The predicted octanol–water partition coefficient (Wildman–Crippen LogP) is 5.98. The van der Waals surface area contributed by atoms with Crippen molar-refractivity contribution in [3.05, 3.63) is 82.2 Å². The zero-order valence-electron chi connectivity index (χ0n) is 23.4. The van der Waals surface area contributed by atoms with Crippen LogP contribution in [0.2, 0.25) is 16.6 Å². The molecule has 0 aliphatic heterocycles. The van der Waals surface area contributed by atoms with Gasteiger partial charge in [-0.3, -0.25) is 0 Å². The molecule has 4 unspecified atom stereocenters. The van der Waals surface area contributed by atoms with Gasteiger partial charge in [0.2, 0.25) is 0 Å². The fraction of sp³-hybridized carbons (Fsp3) is 0.552. The smallest absolute Gasteiger partial charge is 0.144 e. The molecule has 0 heterocycles. The number of benzene rings is 2. The first-order valence-electron chi connectivity index (χ1n) is 13.3. The molecule has 0 spiro atoms. The molecule has 38 heavy (non-hydrogen) atoms. The number of hydrogen-bond donors (Lipinski definition) is 2. The minimum Gasteiger partial charge on any atom is -0.390 e. The minimum absolute atomic E-state index is 0.0662. The second-order valence-corrected chi connectivity index (χ2v) is 16.6. The molecule has 0 amide bonds. The van der Waals surface area contributed by atoms with E-state index in [9.17, 15) is 20.5 Å². The molecular weight excluding hydrogens is 498 g/mol. The molecule has 8 nitrogen and oxygen atoms in total. The standard InChI is InChI=1S/C29H43N3O5Si/c1-20(2)38(21(3)4,22(5)6)29(35)27(34)28(37-18-24-15-11-8-12-16-24)26(31-32-30)25(33)19-36-17-23-13-9-7-10-14-23/h7-16,20-22,25-28,33-34H,17-19H2,1-6H3. The Morgan fingerprint density at radius 2 is 1.34 bits per heavy atom. The summed E-state index contributed by atoms with van der Waals surface area (Å²) in [5.74, 6) is 0. The van der Waals surface area contributed by atoms with Gasteiger partial charge in [-0.25, -0.2) is 0 Å². The summed E-state index contributed by atoms with van der Waals surface area (Å²) in [6.07, 6.45) is -4.13. The van der Waals surface area contributed by atoms with Crippen LogP contribution in [0.3, 0.4) is 0 Å². The number of hydrogen-bond acceptors (Lipinski definition) is 6. The first-order chi connectivity index (χ1) is 18.1. The van der Waals surface area contributed by atoms with Crippen LogP contribution in [0.5, 0.6) is 0 Å². The van der Waals surface area contributed by atoms with Crippen LogP contribution in [0.25, 0.3) is 10.4 Å². The summed E-state index contributed by atoms with van der Waals surface area (Å²) in [5.41, 5.74) is 11.3. The Morgan fingerprint density at radius 1 is 0.868 bits per heavy atom. The van der Waals surface area contributed by atoms with E-state index in [0.29, 0.717) is 0 Å². The van der Waals surface area contributed by atoms with Crippen molar-refractivity contribution in [2.75, 3.05) is 6.61 Å². The van der Waals surface area contributed by atoms with Crippen LogP contribution < -0.4 is 0 Å². The highest BCUT2D eigenvalue weighted by Gasteiger charge is 2.54. The van der Waals surface area contributed by atoms with Crippen molar-refractivity contribution in [2.45, 2.75) is 95.7 Å². The lowest BCUT2D eigenvalue weighted by Crippen LogP contribution is -2.61. The number of rotatable bonds is 16. The number of aliphatic hydroxyl groups is 2. The van der Waals surface area contributed by atoms with Crippen molar-refractivity contribution in [1.29, 1.82) is 0 Å². The van der Waals surface area contributed by atoms with E-state index in [4.69, 9.17) is 9.47 Å². The van der Waals surface area contributed by atoms with Gasteiger partial charge >= 0.3 is 0 Å².